The smallest absolute Gasteiger partial charge is 0.252 e. The SMILES string of the molecule is CN(Cc1ccc(C(=O)Cl)cc1)c1ccc(Cl)cc1. The average molecular weight is 294 g/mol. The summed E-state index contributed by atoms with van der Waals surface area (Å²) >= 11 is 11.3. The van der Waals surface area contributed by atoms with Crippen LogP contribution in [0.25, 0.3) is 0 Å². The Balaban J connectivity index is 2.08. The predicted molar refractivity (Wildman–Crippen MR) is 80.2 cm³/mol. The number of hydrogen-bond donors (Lipinski definition) is 0. The molecule has 0 fully saturated rings. The zero-order valence-electron chi connectivity index (χ0n) is 10.4. The number of nitrogens with zero attached hydrogens (tertiary/aromatic N) is 1. The number of carbonyl (C=O) groups excluding carboxylic acids is 1. The van der Waals surface area contributed by atoms with Gasteiger partial charge in [0, 0.05) is 29.9 Å². The van der Waals surface area contributed by atoms with Gasteiger partial charge in [-0.25, -0.2) is 0 Å². The molecule has 98 valence electrons. The third-order valence-electron chi connectivity index (χ3n) is 2.87. The first-order valence-corrected chi connectivity index (χ1v) is 6.57. The highest BCUT2D eigenvalue weighted by Gasteiger charge is 2.04. The zero-order valence-corrected chi connectivity index (χ0v) is 11.9. The van der Waals surface area contributed by atoms with Gasteiger partial charge in [-0.05, 0) is 53.6 Å². The Morgan fingerprint density at radius 1 is 1.05 bits per heavy atom. The Morgan fingerprint density at radius 3 is 2.16 bits per heavy atom. The minimum atomic E-state index is -0.433. The van der Waals surface area contributed by atoms with E-state index in [1.807, 2.05) is 43.4 Å². The molecule has 0 saturated heterocycles. The van der Waals surface area contributed by atoms with Gasteiger partial charge in [-0.15, -0.1) is 0 Å². The third-order valence-corrected chi connectivity index (χ3v) is 3.34. The summed E-state index contributed by atoms with van der Waals surface area (Å²) in [6.07, 6.45) is 0. The molecule has 0 aliphatic heterocycles. The minimum absolute atomic E-state index is 0.433. The molecule has 0 aromatic heterocycles. The fourth-order valence-electron chi connectivity index (χ4n) is 1.80. The highest BCUT2D eigenvalue weighted by Crippen LogP contribution is 2.19. The maximum atomic E-state index is 11.0. The van der Waals surface area contributed by atoms with Gasteiger partial charge in [-0.3, -0.25) is 4.79 Å². The van der Waals surface area contributed by atoms with Crippen molar-refractivity contribution in [2.24, 2.45) is 0 Å². The average Bonchev–Trinajstić information content (AvgIpc) is 2.40. The van der Waals surface area contributed by atoms with Crippen LogP contribution in [-0.4, -0.2) is 12.3 Å². The molecule has 0 radical (unpaired) electrons. The van der Waals surface area contributed by atoms with E-state index in [1.54, 1.807) is 12.1 Å². The summed E-state index contributed by atoms with van der Waals surface area (Å²) in [5.41, 5.74) is 2.71. The van der Waals surface area contributed by atoms with E-state index in [4.69, 9.17) is 23.2 Å². The van der Waals surface area contributed by atoms with Crippen molar-refractivity contribution in [1.82, 2.24) is 0 Å². The van der Waals surface area contributed by atoms with Crippen molar-refractivity contribution in [2.75, 3.05) is 11.9 Å². The van der Waals surface area contributed by atoms with Crippen LogP contribution >= 0.6 is 23.2 Å². The lowest BCUT2D eigenvalue weighted by molar-refractivity contribution is 0.108. The van der Waals surface area contributed by atoms with Crippen LogP contribution in [-0.2, 0) is 6.54 Å². The Hall–Kier alpha value is -1.51. The molecule has 0 aliphatic carbocycles. The van der Waals surface area contributed by atoms with E-state index in [0.29, 0.717) is 5.56 Å². The third kappa shape index (κ3) is 3.72. The van der Waals surface area contributed by atoms with Crippen LogP contribution < -0.4 is 4.90 Å². The number of benzene rings is 2. The first kappa shape index (κ1) is 13.9. The zero-order chi connectivity index (χ0) is 13.8. The number of carbonyl (C=O) groups is 1. The summed E-state index contributed by atoms with van der Waals surface area (Å²) < 4.78 is 0. The first-order valence-electron chi connectivity index (χ1n) is 5.82. The van der Waals surface area contributed by atoms with Gasteiger partial charge >= 0.3 is 0 Å². The summed E-state index contributed by atoms with van der Waals surface area (Å²) in [6, 6.07) is 15.0. The van der Waals surface area contributed by atoms with Crippen molar-refractivity contribution in [3.8, 4) is 0 Å². The summed E-state index contributed by atoms with van der Waals surface area (Å²) in [5.74, 6) is 0. The molecule has 2 nitrogen and oxygen atoms in total. The molecule has 2 rings (SSSR count). The van der Waals surface area contributed by atoms with Crippen LogP contribution in [0.5, 0.6) is 0 Å². The van der Waals surface area contributed by atoms with Crippen LogP contribution in [0.15, 0.2) is 48.5 Å². The van der Waals surface area contributed by atoms with E-state index in [0.717, 1.165) is 22.8 Å². The number of rotatable bonds is 4. The molecule has 2 aromatic carbocycles. The molecule has 0 amide bonds. The maximum Gasteiger partial charge on any atom is 0.252 e. The first-order chi connectivity index (χ1) is 9.06. The fraction of sp³-hybridized carbons (Fsp3) is 0.133. The Labute approximate surface area is 122 Å². The monoisotopic (exact) mass is 293 g/mol. The van der Waals surface area contributed by atoms with Crippen molar-refractivity contribution in [1.29, 1.82) is 0 Å². The predicted octanol–water partition coefficient (Wildman–Crippen LogP) is 4.36. The molecule has 0 aliphatic rings. The molecule has 0 saturated carbocycles. The van der Waals surface area contributed by atoms with Crippen molar-refractivity contribution >= 4 is 34.1 Å². The molecule has 2 aromatic rings. The molecule has 0 atom stereocenters. The Kier molecular flexibility index (Phi) is 4.46. The quantitative estimate of drug-likeness (QED) is 0.781. The molecule has 0 bridgehead atoms. The largest absolute Gasteiger partial charge is 0.370 e. The van der Waals surface area contributed by atoms with Gasteiger partial charge in [0.05, 0.1) is 0 Å². The van der Waals surface area contributed by atoms with Gasteiger partial charge < -0.3 is 4.90 Å². The number of halogens is 2. The molecular weight excluding hydrogens is 281 g/mol. The topological polar surface area (TPSA) is 20.3 Å². The van der Waals surface area contributed by atoms with E-state index >= 15 is 0 Å². The van der Waals surface area contributed by atoms with Crippen molar-refractivity contribution in [3.05, 3.63) is 64.7 Å². The minimum Gasteiger partial charge on any atom is -0.370 e. The summed E-state index contributed by atoms with van der Waals surface area (Å²) in [4.78, 5) is 13.1. The van der Waals surface area contributed by atoms with E-state index in [1.165, 1.54) is 0 Å². The van der Waals surface area contributed by atoms with Crippen LogP contribution in [0.1, 0.15) is 15.9 Å². The van der Waals surface area contributed by atoms with Crippen LogP contribution in [0.4, 0.5) is 5.69 Å². The Bertz CT molecular complexity index is 564. The van der Waals surface area contributed by atoms with E-state index in [9.17, 15) is 4.79 Å². The molecule has 0 unspecified atom stereocenters. The van der Waals surface area contributed by atoms with E-state index in [2.05, 4.69) is 4.90 Å². The summed E-state index contributed by atoms with van der Waals surface area (Å²) in [6.45, 7) is 0.748. The highest BCUT2D eigenvalue weighted by atomic mass is 35.5. The standard InChI is InChI=1S/C15H13Cl2NO/c1-18(14-8-6-13(16)7-9-14)10-11-2-4-12(5-3-11)15(17)19/h2-9H,10H2,1H3. The second-order valence-corrected chi connectivity index (χ2v) is 5.08. The van der Waals surface area contributed by atoms with E-state index < -0.39 is 5.24 Å². The number of anilines is 1. The molecule has 4 heteroatoms. The van der Waals surface area contributed by atoms with Gasteiger partial charge in [0.1, 0.15) is 0 Å². The fourth-order valence-corrected chi connectivity index (χ4v) is 2.05. The normalized spacial score (nSPS) is 10.3. The lowest BCUT2D eigenvalue weighted by Gasteiger charge is -2.19. The lowest BCUT2D eigenvalue weighted by Crippen LogP contribution is -2.16. The maximum absolute atomic E-state index is 11.0. The van der Waals surface area contributed by atoms with Crippen molar-refractivity contribution in [3.63, 3.8) is 0 Å². The highest BCUT2D eigenvalue weighted by molar-refractivity contribution is 6.67. The molecule has 19 heavy (non-hydrogen) atoms. The molecular formula is C15H13Cl2NO. The molecule has 0 heterocycles. The van der Waals surface area contributed by atoms with Gasteiger partial charge in [0.2, 0.25) is 0 Å². The van der Waals surface area contributed by atoms with Gasteiger partial charge in [0.25, 0.3) is 5.24 Å². The van der Waals surface area contributed by atoms with Crippen LogP contribution in [0.2, 0.25) is 5.02 Å². The second-order valence-electron chi connectivity index (χ2n) is 4.30. The van der Waals surface area contributed by atoms with Gasteiger partial charge in [-0.2, -0.15) is 0 Å². The Morgan fingerprint density at radius 2 is 1.63 bits per heavy atom. The number of hydrogen-bond acceptors (Lipinski definition) is 2. The van der Waals surface area contributed by atoms with Crippen molar-refractivity contribution in [2.45, 2.75) is 6.54 Å². The van der Waals surface area contributed by atoms with Crippen LogP contribution in [0.3, 0.4) is 0 Å². The van der Waals surface area contributed by atoms with E-state index in [-0.39, 0.29) is 0 Å². The van der Waals surface area contributed by atoms with Gasteiger partial charge in [-0.1, -0.05) is 23.7 Å². The molecule has 0 spiro atoms. The van der Waals surface area contributed by atoms with Gasteiger partial charge in [0.15, 0.2) is 0 Å². The summed E-state index contributed by atoms with van der Waals surface area (Å²) in [7, 11) is 2.00. The molecule has 0 N–H and O–H groups in total. The summed E-state index contributed by atoms with van der Waals surface area (Å²) in [5, 5.41) is 0.291. The lowest BCUT2D eigenvalue weighted by atomic mass is 10.1. The van der Waals surface area contributed by atoms with Crippen LogP contribution in [0, 0.1) is 0 Å². The second kappa shape index (κ2) is 6.09. The van der Waals surface area contributed by atoms with Crippen molar-refractivity contribution < 1.29 is 4.79 Å².